The van der Waals surface area contributed by atoms with Gasteiger partial charge in [0, 0.05) is 18.8 Å². The Bertz CT molecular complexity index is 571. The highest BCUT2D eigenvalue weighted by Gasteiger charge is 2.57. The molecule has 8 heteroatoms. The van der Waals surface area contributed by atoms with Crippen molar-refractivity contribution in [3.05, 3.63) is 12.4 Å². The van der Waals surface area contributed by atoms with Gasteiger partial charge in [0.05, 0.1) is 24.9 Å². The number of hydrogen-bond donors (Lipinski definition) is 0. The fourth-order valence-electron chi connectivity index (χ4n) is 2.90. The molecule has 1 saturated heterocycles. The van der Waals surface area contributed by atoms with E-state index in [1.54, 1.807) is 10.9 Å². The molecule has 0 radical (unpaired) electrons. The first kappa shape index (κ1) is 17.6. The largest absolute Gasteiger partial charge is 0.469 e. The van der Waals surface area contributed by atoms with E-state index in [9.17, 15) is 18.0 Å². The summed E-state index contributed by atoms with van der Waals surface area (Å²) < 4.78 is 47.3. The van der Waals surface area contributed by atoms with Crippen molar-refractivity contribution >= 4 is 11.7 Å². The molecule has 0 saturated carbocycles. The van der Waals surface area contributed by atoms with Gasteiger partial charge in [0.25, 0.3) is 0 Å². The van der Waals surface area contributed by atoms with Crippen molar-refractivity contribution in [2.24, 2.45) is 5.92 Å². The zero-order valence-electron chi connectivity index (χ0n) is 13.7. The van der Waals surface area contributed by atoms with Crippen LogP contribution >= 0.6 is 0 Å². The minimum atomic E-state index is -4.41. The Balaban J connectivity index is 2.39. The molecule has 2 atom stereocenters. The van der Waals surface area contributed by atoms with Gasteiger partial charge in [-0.25, -0.2) is 0 Å². The van der Waals surface area contributed by atoms with Crippen molar-refractivity contribution in [1.82, 2.24) is 9.78 Å². The normalized spacial score (nSPS) is 25.7. The lowest BCUT2D eigenvalue weighted by molar-refractivity contribution is -0.190. The molecule has 5 nitrogen and oxygen atoms in total. The Kier molecular flexibility index (Phi) is 4.64. The van der Waals surface area contributed by atoms with Gasteiger partial charge in [-0.2, -0.15) is 18.3 Å². The van der Waals surface area contributed by atoms with Crippen LogP contribution in [0, 0.1) is 5.92 Å². The molecule has 0 unspecified atom stereocenters. The number of carbonyl (C=O) groups is 1. The lowest BCUT2D eigenvalue weighted by atomic mass is 9.82. The first-order chi connectivity index (χ1) is 10.6. The van der Waals surface area contributed by atoms with Gasteiger partial charge < -0.3 is 9.64 Å². The Morgan fingerprint density at radius 3 is 2.61 bits per heavy atom. The summed E-state index contributed by atoms with van der Waals surface area (Å²) in [5.41, 5.74) is -1.66. The molecule has 1 aliphatic rings. The fourth-order valence-corrected chi connectivity index (χ4v) is 2.90. The van der Waals surface area contributed by atoms with Gasteiger partial charge in [0.1, 0.15) is 5.54 Å². The lowest BCUT2D eigenvalue weighted by Gasteiger charge is -2.48. The highest BCUT2D eigenvalue weighted by Crippen LogP contribution is 2.45. The van der Waals surface area contributed by atoms with E-state index < -0.39 is 23.6 Å². The van der Waals surface area contributed by atoms with Crippen molar-refractivity contribution in [1.29, 1.82) is 0 Å². The van der Waals surface area contributed by atoms with Crippen molar-refractivity contribution in [3.63, 3.8) is 0 Å². The first-order valence-electron chi connectivity index (χ1n) is 7.56. The smallest absolute Gasteiger partial charge is 0.411 e. The van der Waals surface area contributed by atoms with E-state index in [1.165, 1.54) is 25.1 Å². The summed E-state index contributed by atoms with van der Waals surface area (Å²) in [4.78, 5) is 13.0. The summed E-state index contributed by atoms with van der Waals surface area (Å²) in [5.74, 6) is -1.05. The van der Waals surface area contributed by atoms with E-state index in [4.69, 9.17) is 4.74 Å². The van der Waals surface area contributed by atoms with Crippen LogP contribution in [0.1, 0.15) is 39.7 Å². The molecule has 1 aromatic heterocycles. The molecular formula is C15H22F3N3O2. The first-order valence-corrected chi connectivity index (χ1v) is 7.56. The maximum atomic E-state index is 13.7. The van der Waals surface area contributed by atoms with E-state index >= 15 is 0 Å². The van der Waals surface area contributed by atoms with Crippen molar-refractivity contribution in [3.8, 4) is 0 Å². The third-order valence-electron chi connectivity index (χ3n) is 4.55. The van der Waals surface area contributed by atoms with Gasteiger partial charge in [-0.1, -0.05) is 0 Å². The van der Waals surface area contributed by atoms with Crippen LogP contribution in [0.5, 0.6) is 0 Å². The third kappa shape index (κ3) is 3.16. The molecule has 0 amide bonds. The number of hydrogen-bond acceptors (Lipinski definition) is 4. The summed E-state index contributed by atoms with van der Waals surface area (Å²) in [6, 6.07) is 0.0436. The highest BCUT2D eigenvalue weighted by molar-refractivity contribution is 5.73. The molecule has 2 heterocycles. The maximum Gasteiger partial charge on any atom is 0.411 e. The van der Waals surface area contributed by atoms with E-state index in [0.717, 1.165) is 0 Å². The Labute approximate surface area is 133 Å². The number of ether oxygens (including phenoxy) is 1. The van der Waals surface area contributed by atoms with E-state index in [1.807, 2.05) is 13.8 Å². The van der Waals surface area contributed by atoms with Gasteiger partial charge in [-0.3, -0.25) is 9.48 Å². The zero-order chi connectivity index (χ0) is 17.4. The number of piperidine rings is 1. The molecule has 130 valence electrons. The van der Waals surface area contributed by atoms with Gasteiger partial charge >= 0.3 is 12.1 Å². The highest BCUT2D eigenvalue weighted by atomic mass is 19.4. The number of alkyl halides is 3. The molecule has 1 fully saturated rings. The molecule has 0 aliphatic carbocycles. The fraction of sp³-hybridized carbons (Fsp3) is 0.733. The topological polar surface area (TPSA) is 47.4 Å². The van der Waals surface area contributed by atoms with Crippen LogP contribution in [0.25, 0.3) is 0 Å². The lowest BCUT2D eigenvalue weighted by Crippen LogP contribution is -2.61. The number of methoxy groups -OCH3 is 1. The second-order valence-corrected chi connectivity index (χ2v) is 6.41. The quantitative estimate of drug-likeness (QED) is 0.797. The molecular weight excluding hydrogens is 311 g/mol. The summed E-state index contributed by atoms with van der Waals surface area (Å²) in [6.45, 7) is 4.93. The predicted molar refractivity (Wildman–Crippen MR) is 79.2 cm³/mol. The average molecular weight is 333 g/mol. The minimum absolute atomic E-state index is 0.0352. The van der Waals surface area contributed by atoms with Crippen molar-refractivity contribution in [2.75, 3.05) is 18.6 Å². The minimum Gasteiger partial charge on any atom is -0.469 e. The molecule has 0 aromatic carbocycles. The maximum absolute atomic E-state index is 13.7. The Morgan fingerprint density at radius 1 is 1.48 bits per heavy atom. The SMILES string of the molecule is COC(=O)[C@@H]1CC[C@@](C)(C(F)(F)F)N(c2cnn(C(C)C)c2)C1. The Morgan fingerprint density at radius 2 is 2.13 bits per heavy atom. The third-order valence-corrected chi connectivity index (χ3v) is 4.55. The molecule has 1 aliphatic heterocycles. The summed E-state index contributed by atoms with van der Waals surface area (Å²) >= 11 is 0. The molecule has 23 heavy (non-hydrogen) atoms. The van der Waals surface area contributed by atoms with Crippen LogP contribution in [-0.4, -0.2) is 41.1 Å². The van der Waals surface area contributed by atoms with Crippen LogP contribution in [-0.2, 0) is 9.53 Å². The summed E-state index contributed by atoms with van der Waals surface area (Å²) in [6.07, 6.45) is -1.41. The second-order valence-electron chi connectivity index (χ2n) is 6.41. The van der Waals surface area contributed by atoms with Crippen molar-refractivity contribution < 1.29 is 22.7 Å². The van der Waals surface area contributed by atoms with Gasteiger partial charge in [-0.15, -0.1) is 0 Å². The van der Waals surface area contributed by atoms with Crippen LogP contribution in [0.4, 0.5) is 18.9 Å². The molecule has 0 spiro atoms. The second kappa shape index (κ2) is 6.05. The molecule has 0 N–H and O–H groups in total. The monoisotopic (exact) mass is 333 g/mol. The average Bonchev–Trinajstić information content (AvgIpc) is 2.95. The van der Waals surface area contributed by atoms with E-state index in [-0.39, 0.29) is 25.4 Å². The molecule has 2 rings (SSSR count). The summed E-state index contributed by atoms with van der Waals surface area (Å²) in [5, 5.41) is 4.12. The number of rotatable bonds is 3. The van der Waals surface area contributed by atoms with Crippen LogP contribution in [0.2, 0.25) is 0 Å². The van der Waals surface area contributed by atoms with Gasteiger partial charge in [0.15, 0.2) is 0 Å². The number of nitrogens with zero attached hydrogens (tertiary/aromatic N) is 3. The number of esters is 1. The zero-order valence-corrected chi connectivity index (χ0v) is 13.7. The molecule has 0 bridgehead atoms. The van der Waals surface area contributed by atoms with Gasteiger partial charge in [-0.05, 0) is 33.6 Å². The van der Waals surface area contributed by atoms with E-state index in [0.29, 0.717) is 5.69 Å². The number of carbonyl (C=O) groups excluding carboxylic acids is 1. The van der Waals surface area contributed by atoms with Crippen LogP contribution in [0.3, 0.4) is 0 Å². The number of aromatic nitrogens is 2. The Hall–Kier alpha value is -1.73. The van der Waals surface area contributed by atoms with E-state index in [2.05, 4.69) is 5.10 Å². The summed E-state index contributed by atoms with van der Waals surface area (Å²) in [7, 11) is 1.25. The van der Waals surface area contributed by atoms with Crippen LogP contribution < -0.4 is 4.90 Å². The number of anilines is 1. The number of halogens is 3. The molecule has 1 aromatic rings. The standard InChI is InChI=1S/C15H22F3N3O2/c1-10(2)21-9-12(7-19-21)20-8-11(13(22)23-4)5-6-14(20,3)15(16,17)18/h7,9-11H,5-6,8H2,1-4H3/t11-,14+/m1/s1. The van der Waals surface area contributed by atoms with Crippen LogP contribution in [0.15, 0.2) is 12.4 Å². The van der Waals surface area contributed by atoms with Crippen molar-refractivity contribution in [2.45, 2.75) is 51.4 Å². The van der Waals surface area contributed by atoms with Gasteiger partial charge in [0.2, 0.25) is 0 Å². The predicted octanol–water partition coefficient (Wildman–Crippen LogP) is 3.17.